The van der Waals surface area contributed by atoms with Gasteiger partial charge in [-0.15, -0.1) is 0 Å². The zero-order valence-corrected chi connectivity index (χ0v) is 11.2. The molecule has 0 aromatic carbocycles. The van der Waals surface area contributed by atoms with E-state index in [1.165, 1.54) is 25.9 Å². The predicted molar refractivity (Wildman–Crippen MR) is 70.8 cm³/mol. The molecule has 1 fully saturated rings. The van der Waals surface area contributed by atoms with Gasteiger partial charge < -0.3 is 10.6 Å². The van der Waals surface area contributed by atoms with Gasteiger partial charge in [-0.2, -0.15) is 5.10 Å². The minimum atomic E-state index is 0.659. The van der Waals surface area contributed by atoms with Crippen molar-refractivity contribution in [1.29, 1.82) is 0 Å². The minimum absolute atomic E-state index is 0.659. The third-order valence-electron chi connectivity index (χ3n) is 3.75. The quantitative estimate of drug-likeness (QED) is 0.868. The van der Waals surface area contributed by atoms with Crippen LogP contribution in [0.3, 0.4) is 0 Å². The van der Waals surface area contributed by atoms with E-state index in [9.17, 15) is 0 Å². The maximum atomic E-state index is 5.81. The molecule has 4 heteroatoms. The molecule has 2 heterocycles. The molecule has 0 amide bonds. The molecule has 4 nitrogen and oxygen atoms in total. The normalized spacial score (nSPS) is 22.2. The van der Waals surface area contributed by atoms with E-state index < -0.39 is 0 Å². The Bertz CT molecular complexity index is 350. The molecule has 96 valence electrons. The van der Waals surface area contributed by atoms with Crippen LogP contribution in [0.5, 0.6) is 0 Å². The maximum absolute atomic E-state index is 5.81. The van der Waals surface area contributed by atoms with Gasteiger partial charge in [0.2, 0.25) is 0 Å². The van der Waals surface area contributed by atoms with Crippen molar-refractivity contribution in [2.45, 2.75) is 39.2 Å². The number of piperidine rings is 1. The molecule has 1 aliphatic heterocycles. The molecule has 0 radical (unpaired) electrons. The molecule has 17 heavy (non-hydrogen) atoms. The first-order valence-corrected chi connectivity index (χ1v) is 6.58. The molecule has 1 aromatic heterocycles. The van der Waals surface area contributed by atoms with Crippen LogP contribution in [0.2, 0.25) is 0 Å². The van der Waals surface area contributed by atoms with Crippen molar-refractivity contribution in [3.8, 4) is 0 Å². The largest absolute Gasteiger partial charge is 0.384 e. The molecular weight excluding hydrogens is 212 g/mol. The Morgan fingerprint density at radius 1 is 1.53 bits per heavy atom. The van der Waals surface area contributed by atoms with E-state index in [4.69, 9.17) is 5.73 Å². The average molecular weight is 236 g/mol. The highest BCUT2D eigenvalue weighted by Crippen LogP contribution is 2.22. The molecule has 1 unspecified atom stereocenters. The minimum Gasteiger partial charge on any atom is -0.384 e. The van der Waals surface area contributed by atoms with Crippen LogP contribution in [0.4, 0.5) is 5.82 Å². The lowest BCUT2D eigenvalue weighted by atomic mass is 9.93. The SMILES string of the molecule is CC(C)N1CCCC(Cc2cc(N)n(C)n2)C1. The van der Waals surface area contributed by atoms with Gasteiger partial charge in [-0.25, -0.2) is 0 Å². The van der Waals surface area contributed by atoms with E-state index in [1.807, 2.05) is 13.1 Å². The molecule has 0 saturated carbocycles. The lowest BCUT2D eigenvalue weighted by Crippen LogP contribution is -2.40. The first kappa shape index (κ1) is 12.4. The zero-order chi connectivity index (χ0) is 12.4. The van der Waals surface area contributed by atoms with Gasteiger partial charge >= 0.3 is 0 Å². The molecule has 0 aliphatic carbocycles. The number of aryl methyl sites for hydroxylation is 1. The van der Waals surface area contributed by atoms with Gasteiger partial charge in [0.05, 0.1) is 5.69 Å². The highest BCUT2D eigenvalue weighted by atomic mass is 15.3. The van der Waals surface area contributed by atoms with E-state index in [-0.39, 0.29) is 0 Å². The summed E-state index contributed by atoms with van der Waals surface area (Å²) in [6, 6.07) is 2.67. The Kier molecular flexibility index (Phi) is 3.72. The van der Waals surface area contributed by atoms with E-state index >= 15 is 0 Å². The lowest BCUT2D eigenvalue weighted by Gasteiger charge is -2.35. The first-order valence-electron chi connectivity index (χ1n) is 6.58. The summed E-state index contributed by atoms with van der Waals surface area (Å²) in [6.45, 7) is 7.01. The van der Waals surface area contributed by atoms with Crippen molar-refractivity contribution < 1.29 is 0 Å². The summed E-state index contributed by atoms with van der Waals surface area (Å²) in [5.74, 6) is 1.50. The second-order valence-electron chi connectivity index (χ2n) is 5.49. The van der Waals surface area contributed by atoms with Crippen LogP contribution in [0.25, 0.3) is 0 Å². The van der Waals surface area contributed by atoms with E-state index in [1.54, 1.807) is 4.68 Å². The number of aromatic nitrogens is 2. The molecule has 1 atom stereocenters. The van der Waals surface area contributed by atoms with Crippen LogP contribution in [0, 0.1) is 5.92 Å². The number of nitrogens with zero attached hydrogens (tertiary/aromatic N) is 3. The number of anilines is 1. The standard InChI is InChI=1S/C13H24N4/c1-10(2)17-6-4-5-11(9-17)7-12-8-13(14)16(3)15-12/h8,10-11H,4-7,9,14H2,1-3H3. The summed E-state index contributed by atoms with van der Waals surface area (Å²) < 4.78 is 1.76. The van der Waals surface area contributed by atoms with Crippen LogP contribution in [-0.4, -0.2) is 33.8 Å². The Balaban J connectivity index is 1.94. The topological polar surface area (TPSA) is 47.1 Å². The van der Waals surface area contributed by atoms with Gasteiger partial charge in [-0.1, -0.05) is 0 Å². The van der Waals surface area contributed by atoms with Crippen LogP contribution >= 0.6 is 0 Å². The van der Waals surface area contributed by atoms with Crippen molar-refractivity contribution in [3.05, 3.63) is 11.8 Å². The summed E-state index contributed by atoms with van der Waals surface area (Å²) in [6.07, 6.45) is 3.69. The second-order valence-corrected chi connectivity index (χ2v) is 5.49. The first-order chi connectivity index (χ1) is 8.06. The number of nitrogen functional groups attached to an aromatic ring is 1. The molecule has 0 spiro atoms. The molecule has 1 saturated heterocycles. The monoisotopic (exact) mass is 236 g/mol. The number of nitrogens with two attached hydrogens (primary N) is 1. The summed E-state index contributed by atoms with van der Waals surface area (Å²) in [5, 5.41) is 4.45. The van der Waals surface area contributed by atoms with Gasteiger partial charge in [0, 0.05) is 25.7 Å². The fourth-order valence-electron chi connectivity index (χ4n) is 2.67. The summed E-state index contributed by atoms with van der Waals surface area (Å²) >= 11 is 0. The highest BCUT2D eigenvalue weighted by molar-refractivity contribution is 5.30. The smallest absolute Gasteiger partial charge is 0.121 e. The van der Waals surface area contributed by atoms with Gasteiger partial charge in [-0.3, -0.25) is 4.68 Å². The maximum Gasteiger partial charge on any atom is 0.121 e. The van der Waals surface area contributed by atoms with Crippen molar-refractivity contribution >= 4 is 5.82 Å². The van der Waals surface area contributed by atoms with Crippen LogP contribution < -0.4 is 5.73 Å². The van der Waals surface area contributed by atoms with Crippen LogP contribution in [0.15, 0.2) is 6.07 Å². The van der Waals surface area contributed by atoms with Crippen LogP contribution in [0.1, 0.15) is 32.4 Å². The Labute approximate surface area is 104 Å². The fourth-order valence-corrected chi connectivity index (χ4v) is 2.67. The Morgan fingerprint density at radius 3 is 2.88 bits per heavy atom. The molecule has 0 bridgehead atoms. The van der Waals surface area contributed by atoms with Gasteiger partial charge in [0.25, 0.3) is 0 Å². The molecule has 1 aromatic rings. The van der Waals surface area contributed by atoms with Gasteiger partial charge in [-0.05, 0) is 45.6 Å². The zero-order valence-electron chi connectivity index (χ0n) is 11.2. The van der Waals surface area contributed by atoms with Crippen molar-refractivity contribution in [2.24, 2.45) is 13.0 Å². The molecule has 1 aliphatic rings. The average Bonchev–Trinajstić information content (AvgIpc) is 2.58. The summed E-state index contributed by atoms with van der Waals surface area (Å²) in [7, 11) is 1.90. The number of rotatable bonds is 3. The van der Waals surface area contributed by atoms with E-state index in [0.717, 1.165) is 23.9 Å². The van der Waals surface area contributed by atoms with Crippen molar-refractivity contribution in [3.63, 3.8) is 0 Å². The second kappa shape index (κ2) is 5.08. The van der Waals surface area contributed by atoms with Crippen molar-refractivity contribution in [1.82, 2.24) is 14.7 Å². The summed E-state index contributed by atoms with van der Waals surface area (Å²) in [4.78, 5) is 2.57. The Hall–Kier alpha value is -1.03. The molecular formula is C13H24N4. The van der Waals surface area contributed by atoms with Crippen LogP contribution in [-0.2, 0) is 13.5 Å². The number of likely N-dealkylation sites (tertiary alicyclic amines) is 1. The van der Waals surface area contributed by atoms with E-state index in [0.29, 0.717) is 6.04 Å². The highest BCUT2D eigenvalue weighted by Gasteiger charge is 2.22. The fraction of sp³-hybridized carbons (Fsp3) is 0.769. The third kappa shape index (κ3) is 3.00. The summed E-state index contributed by atoms with van der Waals surface area (Å²) in [5.41, 5.74) is 6.95. The van der Waals surface area contributed by atoms with Crippen molar-refractivity contribution in [2.75, 3.05) is 18.8 Å². The van der Waals surface area contributed by atoms with E-state index in [2.05, 4.69) is 23.8 Å². The van der Waals surface area contributed by atoms with Gasteiger partial charge in [0.15, 0.2) is 0 Å². The number of hydrogen-bond acceptors (Lipinski definition) is 3. The number of hydrogen-bond donors (Lipinski definition) is 1. The lowest BCUT2D eigenvalue weighted by molar-refractivity contribution is 0.139. The predicted octanol–water partition coefficient (Wildman–Crippen LogP) is 1.67. The third-order valence-corrected chi connectivity index (χ3v) is 3.75. The molecule has 2 N–H and O–H groups in total. The molecule has 2 rings (SSSR count). The Morgan fingerprint density at radius 2 is 2.29 bits per heavy atom. The van der Waals surface area contributed by atoms with Gasteiger partial charge in [0.1, 0.15) is 5.82 Å².